The summed E-state index contributed by atoms with van der Waals surface area (Å²) in [5.74, 6) is 0.396. The first-order valence-corrected chi connectivity index (χ1v) is 5.42. The van der Waals surface area contributed by atoms with Crippen LogP contribution >= 0.6 is 11.6 Å². The first-order valence-electron chi connectivity index (χ1n) is 5.04. The SMILES string of the molecule is CC1CC1C(=O)Cc1cc(Cl)ccc1F. The molecule has 15 heavy (non-hydrogen) atoms. The first-order chi connectivity index (χ1) is 7.08. The minimum atomic E-state index is -0.346. The van der Waals surface area contributed by atoms with E-state index in [0.717, 1.165) is 6.42 Å². The van der Waals surface area contributed by atoms with Gasteiger partial charge in [-0.1, -0.05) is 18.5 Å². The Morgan fingerprint density at radius 3 is 2.87 bits per heavy atom. The highest BCUT2D eigenvalue weighted by Crippen LogP contribution is 2.39. The summed E-state index contributed by atoms with van der Waals surface area (Å²) < 4.78 is 13.3. The fourth-order valence-electron chi connectivity index (χ4n) is 1.77. The van der Waals surface area contributed by atoms with E-state index < -0.39 is 0 Å². The van der Waals surface area contributed by atoms with Crippen LogP contribution in [0.1, 0.15) is 18.9 Å². The van der Waals surface area contributed by atoms with Crippen LogP contribution in [-0.4, -0.2) is 5.78 Å². The minimum absolute atomic E-state index is 0.128. The fraction of sp³-hybridized carbons (Fsp3) is 0.417. The van der Waals surface area contributed by atoms with E-state index in [9.17, 15) is 9.18 Å². The molecule has 80 valence electrons. The third kappa shape index (κ3) is 2.37. The number of halogens is 2. The number of Topliss-reactive ketones (excluding diaryl/α,β-unsaturated/α-hetero) is 1. The van der Waals surface area contributed by atoms with E-state index in [2.05, 4.69) is 0 Å². The summed E-state index contributed by atoms with van der Waals surface area (Å²) in [4.78, 5) is 11.6. The molecule has 0 amide bonds. The molecule has 1 saturated carbocycles. The Balaban J connectivity index is 2.10. The fourth-order valence-corrected chi connectivity index (χ4v) is 1.96. The number of hydrogen-bond acceptors (Lipinski definition) is 1. The van der Waals surface area contributed by atoms with Crippen LogP contribution in [0.15, 0.2) is 18.2 Å². The van der Waals surface area contributed by atoms with Gasteiger partial charge in [0.25, 0.3) is 0 Å². The molecule has 2 rings (SSSR count). The van der Waals surface area contributed by atoms with Gasteiger partial charge < -0.3 is 0 Å². The molecular weight excluding hydrogens is 215 g/mol. The Morgan fingerprint density at radius 1 is 1.60 bits per heavy atom. The quantitative estimate of drug-likeness (QED) is 0.773. The molecular formula is C12H12ClFO. The highest BCUT2D eigenvalue weighted by Gasteiger charge is 2.38. The number of ketones is 1. The summed E-state index contributed by atoms with van der Waals surface area (Å²) in [6.07, 6.45) is 1.11. The van der Waals surface area contributed by atoms with E-state index in [4.69, 9.17) is 11.6 Å². The number of carbonyl (C=O) groups is 1. The molecule has 3 heteroatoms. The van der Waals surface area contributed by atoms with Gasteiger partial charge in [0.15, 0.2) is 0 Å². The van der Waals surface area contributed by atoms with E-state index in [1.165, 1.54) is 18.2 Å². The molecule has 1 aromatic carbocycles. The average Bonchev–Trinajstić information content (AvgIpc) is 2.89. The summed E-state index contributed by atoms with van der Waals surface area (Å²) in [5, 5.41) is 0.475. The van der Waals surface area contributed by atoms with Crippen molar-refractivity contribution in [1.29, 1.82) is 0 Å². The van der Waals surface area contributed by atoms with Crippen LogP contribution in [0, 0.1) is 17.7 Å². The van der Waals surface area contributed by atoms with Crippen molar-refractivity contribution >= 4 is 17.4 Å². The van der Waals surface area contributed by atoms with Crippen LogP contribution < -0.4 is 0 Å². The molecule has 1 nitrogen and oxygen atoms in total. The standard InChI is InChI=1S/C12H12ClFO/c1-7-4-10(7)12(15)6-8-5-9(13)2-3-11(8)14/h2-3,5,7,10H,4,6H2,1H3. The molecule has 0 heterocycles. The third-order valence-electron chi connectivity index (χ3n) is 2.90. The number of rotatable bonds is 3. The van der Waals surface area contributed by atoms with Crippen molar-refractivity contribution in [3.05, 3.63) is 34.6 Å². The largest absolute Gasteiger partial charge is 0.299 e. The minimum Gasteiger partial charge on any atom is -0.299 e. The predicted octanol–water partition coefficient (Wildman–Crippen LogP) is 3.25. The van der Waals surface area contributed by atoms with Gasteiger partial charge in [0.2, 0.25) is 0 Å². The Hall–Kier alpha value is -0.890. The number of hydrogen-bond donors (Lipinski definition) is 0. The van der Waals surface area contributed by atoms with E-state index in [-0.39, 0.29) is 23.9 Å². The van der Waals surface area contributed by atoms with E-state index >= 15 is 0 Å². The van der Waals surface area contributed by atoms with Crippen LogP contribution in [0.4, 0.5) is 4.39 Å². The lowest BCUT2D eigenvalue weighted by Gasteiger charge is -2.02. The zero-order valence-corrected chi connectivity index (χ0v) is 9.22. The van der Waals surface area contributed by atoms with Crippen molar-refractivity contribution < 1.29 is 9.18 Å². The van der Waals surface area contributed by atoms with Crippen LogP contribution in [0.5, 0.6) is 0 Å². The van der Waals surface area contributed by atoms with Crippen LogP contribution in [-0.2, 0) is 11.2 Å². The van der Waals surface area contributed by atoms with Crippen molar-refractivity contribution in [1.82, 2.24) is 0 Å². The van der Waals surface area contributed by atoms with Gasteiger partial charge in [-0.3, -0.25) is 4.79 Å². The molecule has 1 aliphatic carbocycles. The van der Waals surface area contributed by atoms with Crippen molar-refractivity contribution in [2.45, 2.75) is 19.8 Å². The molecule has 0 N–H and O–H groups in total. The molecule has 0 radical (unpaired) electrons. The van der Waals surface area contributed by atoms with Gasteiger partial charge in [-0.2, -0.15) is 0 Å². The molecule has 0 bridgehead atoms. The van der Waals surface area contributed by atoms with E-state index in [1.54, 1.807) is 0 Å². The molecule has 1 fully saturated rings. The van der Waals surface area contributed by atoms with Crippen LogP contribution in [0.3, 0.4) is 0 Å². The van der Waals surface area contributed by atoms with Gasteiger partial charge in [-0.15, -0.1) is 0 Å². The first kappa shape index (κ1) is 10.6. The van der Waals surface area contributed by atoms with Gasteiger partial charge in [0.05, 0.1) is 0 Å². The topological polar surface area (TPSA) is 17.1 Å². The van der Waals surface area contributed by atoms with Crippen molar-refractivity contribution in [2.75, 3.05) is 0 Å². The van der Waals surface area contributed by atoms with Crippen LogP contribution in [0.2, 0.25) is 5.02 Å². The second-order valence-corrected chi connectivity index (χ2v) is 4.63. The number of carbonyl (C=O) groups excluding carboxylic acids is 1. The van der Waals surface area contributed by atoms with Gasteiger partial charge in [-0.25, -0.2) is 4.39 Å². The Kier molecular flexibility index (Phi) is 2.79. The summed E-state index contributed by atoms with van der Waals surface area (Å²) in [6, 6.07) is 4.33. The molecule has 1 aromatic rings. The maximum atomic E-state index is 13.3. The zero-order valence-electron chi connectivity index (χ0n) is 8.47. The molecule has 1 aliphatic rings. The second kappa shape index (κ2) is 3.93. The van der Waals surface area contributed by atoms with Gasteiger partial charge in [0, 0.05) is 17.4 Å². The van der Waals surface area contributed by atoms with Gasteiger partial charge in [-0.05, 0) is 36.1 Å². The number of benzene rings is 1. The maximum absolute atomic E-state index is 13.3. The third-order valence-corrected chi connectivity index (χ3v) is 3.13. The smallest absolute Gasteiger partial charge is 0.140 e. The van der Waals surface area contributed by atoms with E-state index in [0.29, 0.717) is 16.5 Å². The maximum Gasteiger partial charge on any atom is 0.140 e. The van der Waals surface area contributed by atoms with Crippen molar-refractivity contribution in [2.24, 2.45) is 11.8 Å². The summed E-state index contributed by atoms with van der Waals surface area (Å²) >= 11 is 5.75. The normalized spacial score (nSPS) is 23.9. The average molecular weight is 227 g/mol. The van der Waals surface area contributed by atoms with Crippen molar-refractivity contribution in [3.8, 4) is 0 Å². The Bertz CT molecular complexity index is 403. The lowest BCUT2D eigenvalue weighted by Crippen LogP contribution is -2.07. The molecule has 0 spiro atoms. The van der Waals surface area contributed by atoms with E-state index in [1.807, 2.05) is 6.92 Å². The lowest BCUT2D eigenvalue weighted by molar-refractivity contribution is -0.119. The second-order valence-electron chi connectivity index (χ2n) is 4.20. The van der Waals surface area contributed by atoms with Gasteiger partial charge in [0.1, 0.15) is 11.6 Å². The summed E-state index contributed by atoms with van der Waals surface area (Å²) in [5.41, 5.74) is 0.409. The highest BCUT2D eigenvalue weighted by molar-refractivity contribution is 6.30. The summed E-state index contributed by atoms with van der Waals surface area (Å²) in [7, 11) is 0. The lowest BCUT2D eigenvalue weighted by atomic mass is 10.0. The Labute approximate surface area is 93.2 Å². The zero-order chi connectivity index (χ0) is 11.0. The molecule has 0 saturated heterocycles. The molecule has 0 aromatic heterocycles. The predicted molar refractivity (Wildman–Crippen MR) is 57.4 cm³/mol. The monoisotopic (exact) mass is 226 g/mol. The molecule has 0 aliphatic heterocycles. The highest BCUT2D eigenvalue weighted by atomic mass is 35.5. The molecule has 2 atom stereocenters. The summed E-state index contributed by atoms with van der Waals surface area (Å²) in [6.45, 7) is 2.04. The van der Waals surface area contributed by atoms with Crippen molar-refractivity contribution in [3.63, 3.8) is 0 Å². The molecule has 2 unspecified atom stereocenters. The Morgan fingerprint density at radius 2 is 2.27 bits per heavy atom. The van der Waals surface area contributed by atoms with Crippen LogP contribution in [0.25, 0.3) is 0 Å². The van der Waals surface area contributed by atoms with Gasteiger partial charge >= 0.3 is 0 Å².